The van der Waals surface area contributed by atoms with E-state index in [-0.39, 0.29) is 6.10 Å². The summed E-state index contributed by atoms with van der Waals surface area (Å²) in [6.45, 7) is 7.47. The van der Waals surface area contributed by atoms with Gasteiger partial charge in [0.2, 0.25) is 0 Å². The summed E-state index contributed by atoms with van der Waals surface area (Å²) in [6, 6.07) is 11.2. The molecule has 0 saturated heterocycles. The zero-order chi connectivity index (χ0) is 14.5. The fourth-order valence-electron chi connectivity index (χ4n) is 3.15. The highest BCUT2D eigenvalue weighted by molar-refractivity contribution is 5.20. The number of benzene rings is 1. The predicted octanol–water partition coefficient (Wildman–Crippen LogP) is 3.57. The lowest BCUT2D eigenvalue weighted by Crippen LogP contribution is -2.38. The molecule has 3 unspecified atom stereocenters. The van der Waals surface area contributed by atoms with E-state index >= 15 is 0 Å². The first-order chi connectivity index (χ1) is 9.58. The molecule has 0 spiro atoms. The Morgan fingerprint density at radius 2 is 1.80 bits per heavy atom. The Morgan fingerprint density at radius 1 is 1.15 bits per heavy atom. The van der Waals surface area contributed by atoms with E-state index < -0.39 is 0 Å². The molecule has 20 heavy (non-hydrogen) atoms. The molecular weight excluding hydrogens is 246 g/mol. The highest BCUT2D eigenvalue weighted by Crippen LogP contribution is 2.36. The maximum atomic E-state index is 9.75. The van der Waals surface area contributed by atoms with Gasteiger partial charge in [0.05, 0.1) is 6.10 Å². The van der Waals surface area contributed by atoms with Crippen LogP contribution in [0.1, 0.15) is 51.5 Å². The molecule has 2 heteroatoms. The minimum absolute atomic E-state index is 0.250. The average Bonchev–Trinajstić information content (AvgIpc) is 3.22. The quantitative estimate of drug-likeness (QED) is 0.760. The van der Waals surface area contributed by atoms with Crippen LogP contribution < -0.4 is 5.32 Å². The van der Waals surface area contributed by atoms with E-state index in [9.17, 15) is 5.11 Å². The molecule has 1 fully saturated rings. The second kappa shape index (κ2) is 7.24. The van der Waals surface area contributed by atoms with Crippen molar-refractivity contribution in [3.63, 3.8) is 0 Å². The molecule has 1 aliphatic rings. The summed E-state index contributed by atoms with van der Waals surface area (Å²) in [4.78, 5) is 0. The minimum atomic E-state index is -0.250. The molecule has 1 aromatic carbocycles. The lowest BCUT2D eigenvalue weighted by Gasteiger charge is -2.26. The van der Waals surface area contributed by atoms with Gasteiger partial charge in [-0.3, -0.25) is 0 Å². The van der Waals surface area contributed by atoms with Crippen molar-refractivity contribution in [3.05, 3.63) is 35.9 Å². The van der Waals surface area contributed by atoms with Gasteiger partial charge in [0.25, 0.3) is 0 Å². The number of nitrogens with one attached hydrogen (secondary N) is 1. The fraction of sp³-hybridized carbons (Fsp3) is 0.667. The molecule has 0 heterocycles. The Balaban J connectivity index is 1.97. The van der Waals surface area contributed by atoms with Crippen molar-refractivity contribution in [2.24, 2.45) is 11.8 Å². The average molecular weight is 275 g/mol. The Bertz CT molecular complexity index is 382. The summed E-state index contributed by atoms with van der Waals surface area (Å²) >= 11 is 0. The number of hydrogen-bond acceptors (Lipinski definition) is 2. The van der Waals surface area contributed by atoms with Crippen LogP contribution in [0.3, 0.4) is 0 Å². The van der Waals surface area contributed by atoms with Crippen molar-refractivity contribution >= 4 is 0 Å². The predicted molar refractivity (Wildman–Crippen MR) is 84.8 cm³/mol. The minimum Gasteiger partial charge on any atom is -0.393 e. The van der Waals surface area contributed by atoms with Crippen molar-refractivity contribution in [1.29, 1.82) is 0 Å². The van der Waals surface area contributed by atoms with Crippen LogP contribution in [0, 0.1) is 11.8 Å². The summed E-state index contributed by atoms with van der Waals surface area (Å²) in [5.74, 6) is 1.96. The van der Waals surface area contributed by atoms with Crippen LogP contribution in [0.2, 0.25) is 0 Å². The van der Waals surface area contributed by atoms with Gasteiger partial charge in [-0.2, -0.15) is 0 Å². The summed E-state index contributed by atoms with van der Waals surface area (Å²) in [5.41, 5.74) is 1.33. The van der Waals surface area contributed by atoms with Crippen molar-refractivity contribution < 1.29 is 5.11 Å². The topological polar surface area (TPSA) is 32.3 Å². The fourth-order valence-corrected chi connectivity index (χ4v) is 3.15. The van der Waals surface area contributed by atoms with E-state index in [2.05, 4.69) is 49.5 Å². The van der Waals surface area contributed by atoms with Crippen molar-refractivity contribution in [3.8, 4) is 0 Å². The van der Waals surface area contributed by atoms with Gasteiger partial charge in [0.15, 0.2) is 0 Å². The monoisotopic (exact) mass is 275 g/mol. The number of aliphatic hydroxyl groups is 1. The standard InChI is InChI=1S/C18H29NO/c1-13(2)18(16-9-10-16)19-12-17(11-14(3)20)15-7-5-4-6-8-15/h4-8,13-14,16-20H,9-12H2,1-3H3. The molecule has 1 saturated carbocycles. The molecule has 0 radical (unpaired) electrons. The summed E-state index contributed by atoms with van der Waals surface area (Å²) < 4.78 is 0. The molecule has 0 aliphatic heterocycles. The maximum absolute atomic E-state index is 9.75. The third-order valence-electron chi connectivity index (χ3n) is 4.34. The Kier molecular flexibility index (Phi) is 5.62. The third kappa shape index (κ3) is 4.60. The highest BCUT2D eigenvalue weighted by Gasteiger charge is 2.33. The number of rotatable bonds is 8. The Labute approximate surface area is 123 Å². The van der Waals surface area contributed by atoms with Crippen LogP contribution in [-0.4, -0.2) is 23.8 Å². The van der Waals surface area contributed by atoms with E-state index in [0.717, 1.165) is 18.9 Å². The molecular formula is C18H29NO. The molecule has 0 aromatic heterocycles. The largest absolute Gasteiger partial charge is 0.393 e. The van der Waals surface area contributed by atoms with Gasteiger partial charge in [-0.15, -0.1) is 0 Å². The van der Waals surface area contributed by atoms with Crippen molar-refractivity contribution in [2.45, 2.75) is 58.1 Å². The number of aliphatic hydroxyl groups excluding tert-OH is 1. The van der Waals surface area contributed by atoms with Gasteiger partial charge in [0, 0.05) is 12.6 Å². The number of hydrogen-bond donors (Lipinski definition) is 2. The van der Waals surface area contributed by atoms with E-state index in [1.807, 2.05) is 6.92 Å². The molecule has 1 aliphatic carbocycles. The molecule has 2 N–H and O–H groups in total. The van der Waals surface area contributed by atoms with Gasteiger partial charge in [-0.1, -0.05) is 44.2 Å². The molecule has 1 aromatic rings. The second-order valence-electron chi connectivity index (χ2n) is 6.71. The Hall–Kier alpha value is -0.860. The summed E-state index contributed by atoms with van der Waals surface area (Å²) in [7, 11) is 0. The second-order valence-corrected chi connectivity index (χ2v) is 6.71. The first-order valence-corrected chi connectivity index (χ1v) is 8.04. The van der Waals surface area contributed by atoms with Crippen molar-refractivity contribution in [1.82, 2.24) is 5.32 Å². The summed E-state index contributed by atoms with van der Waals surface area (Å²) in [5, 5.41) is 13.5. The zero-order valence-corrected chi connectivity index (χ0v) is 13.0. The Morgan fingerprint density at radius 3 is 2.30 bits per heavy atom. The molecule has 2 rings (SSSR count). The first-order valence-electron chi connectivity index (χ1n) is 8.04. The van der Waals surface area contributed by atoms with Crippen LogP contribution in [0.4, 0.5) is 0 Å². The molecule has 3 atom stereocenters. The zero-order valence-electron chi connectivity index (χ0n) is 13.0. The highest BCUT2D eigenvalue weighted by atomic mass is 16.3. The van der Waals surface area contributed by atoms with Crippen LogP contribution >= 0.6 is 0 Å². The van der Waals surface area contributed by atoms with Crippen molar-refractivity contribution in [2.75, 3.05) is 6.54 Å². The SMILES string of the molecule is CC(O)CC(CNC(C(C)C)C1CC1)c1ccccc1. The van der Waals surface area contributed by atoms with E-state index in [0.29, 0.717) is 17.9 Å². The third-order valence-corrected chi connectivity index (χ3v) is 4.34. The van der Waals surface area contributed by atoms with Crippen LogP contribution in [0.5, 0.6) is 0 Å². The van der Waals surface area contributed by atoms with Crippen LogP contribution in [0.25, 0.3) is 0 Å². The lowest BCUT2D eigenvalue weighted by molar-refractivity contribution is 0.171. The normalized spacial score (nSPS) is 19.9. The molecule has 2 nitrogen and oxygen atoms in total. The van der Waals surface area contributed by atoms with E-state index in [1.165, 1.54) is 18.4 Å². The van der Waals surface area contributed by atoms with Gasteiger partial charge < -0.3 is 10.4 Å². The smallest absolute Gasteiger partial charge is 0.0518 e. The lowest BCUT2D eigenvalue weighted by atomic mass is 9.92. The van der Waals surface area contributed by atoms with Gasteiger partial charge in [-0.05, 0) is 49.5 Å². The van der Waals surface area contributed by atoms with Gasteiger partial charge in [0.1, 0.15) is 0 Å². The first kappa shape index (κ1) is 15.5. The van der Waals surface area contributed by atoms with E-state index in [1.54, 1.807) is 0 Å². The molecule has 112 valence electrons. The van der Waals surface area contributed by atoms with E-state index in [4.69, 9.17) is 0 Å². The van der Waals surface area contributed by atoms with Crippen LogP contribution in [-0.2, 0) is 0 Å². The summed E-state index contributed by atoms with van der Waals surface area (Å²) in [6.07, 6.45) is 3.33. The van der Waals surface area contributed by atoms with Crippen LogP contribution in [0.15, 0.2) is 30.3 Å². The van der Waals surface area contributed by atoms with Gasteiger partial charge >= 0.3 is 0 Å². The molecule has 0 amide bonds. The maximum Gasteiger partial charge on any atom is 0.0518 e. The van der Waals surface area contributed by atoms with Gasteiger partial charge in [-0.25, -0.2) is 0 Å². The molecule has 0 bridgehead atoms.